The zero-order chi connectivity index (χ0) is 10.3. The lowest BCUT2D eigenvalue weighted by Crippen LogP contribution is -2.27. The molecule has 15 heavy (non-hydrogen) atoms. The third-order valence-electron chi connectivity index (χ3n) is 4.05. The smallest absolute Gasteiger partial charge is 0.133 e. The number of fused-ring (bicyclic) bond motifs is 3. The van der Waals surface area contributed by atoms with Gasteiger partial charge >= 0.3 is 0 Å². The van der Waals surface area contributed by atoms with Gasteiger partial charge in [0.25, 0.3) is 0 Å². The highest BCUT2D eigenvalue weighted by atomic mass is 16.1. The first-order valence-corrected chi connectivity index (χ1v) is 5.94. The van der Waals surface area contributed by atoms with Crippen molar-refractivity contribution in [3.8, 4) is 0 Å². The summed E-state index contributed by atoms with van der Waals surface area (Å²) in [6.07, 6.45) is 5.24. The molecule has 0 bridgehead atoms. The summed E-state index contributed by atoms with van der Waals surface area (Å²) in [7, 11) is 0. The average molecular weight is 200 g/mol. The van der Waals surface area contributed by atoms with Crippen molar-refractivity contribution in [2.45, 2.75) is 38.0 Å². The predicted molar refractivity (Wildman–Crippen MR) is 59.9 cm³/mol. The zero-order valence-corrected chi connectivity index (χ0v) is 8.91. The number of rotatable bonds is 0. The van der Waals surface area contributed by atoms with Crippen LogP contribution in [-0.2, 0) is 11.2 Å². The van der Waals surface area contributed by atoms with Crippen LogP contribution in [0.1, 0.15) is 42.7 Å². The lowest BCUT2D eigenvalue weighted by atomic mass is 9.68. The van der Waals surface area contributed by atoms with Gasteiger partial charge in [0.15, 0.2) is 0 Å². The molecule has 1 aromatic rings. The van der Waals surface area contributed by atoms with E-state index in [9.17, 15) is 4.79 Å². The van der Waals surface area contributed by atoms with Crippen molar-refractivity contribution in [1.82, 2.24) is 0 Å². The molecule has 2 aliphatic carbocycles. The molecule has 2 atom stereocenters. The molecule has 0 radical (unpaired) electrons. The molecule has 0 spiro atoms. The molecular weight excluding hydrogens is 184 g/mol. The first-order chi connectivity index (χ1) is 7.34. The Labute approximate surface area is 90.5 Å². The van der Waals surface area contributed by atoms with E-state index in [-0.39, 0.29) is 0 Å². The average Bonchev–Trinajstić information content (AvgIpc) is 2.29. The number of benzene rings is 1. The first kappa shape index (κ1) is 9.14. The van der Waals surface area contributed by atoms with Gasteiger partial charge in [0.2, 0.25) is 0 Å². The third kappa shape index (κ3) is 1.50. The number of Topliss-reactive ketones (excluding diaryl/α,β-unsaturated/α-hetero) is 1. The summed E-state index contributed by atoms with van der Waals surface area (Å²) in [5.41, 5.74) is 2.94. The second-order valence-electron chi connectivity index (χ2n) is 4.89. The van der Waals surface area contributed by atoms with Crippen LogP contribution in [0.25, 0.3) is 0 Å². The van der Waals surface area contributed by atoms with Crippen molar-refractivity contribution in [3.05, 3.63) is 35.4 Å². The van der Waals surface area contributed by atoms with Gasteiger partial charge in [0.05, 0.1) is 0 Å². The van der Waals surface area contributed by atoms with Gasteiger partial charge < -0.3 is 0 Å². The summed E-state index contributed by atoms with van der Waals surface area (Å²) in [6.45, 7) is 0. The lowest BCUT2D eigenvalue weighted by Gasteiger charge is -2.36. The molecule has 1 nitrogen and oxygen atoms in total. The van der Waals surface area contributed by atoms with Gasteiger partial charge in [-0.3, -0.25) is 4.79 Å². The Bertz CT molecular complexity index is 394. The van der Waals surface area contributed by atoms with Crippen LogP contribution in [0.4, 0.5) is 0 Å². The van der Waals surface area contributed by atoms with Crippen molar-refractivity contribution in [2.75, 3.05) is 0 Å². The molecule has 1 aromatic carbocycles. The summed E-state index contributed by atoms with van der Waals surface area (Å²) in [6, 6.07) is 8.68. The van der Waals surface area contributed by atoms with Crippen molar-refractivity contribution in [2.24, 2.45) is 5.92 Å². The maximum Gasteiger partial charge on any atom is 0.133 e. The molecule has 2 aliphatic rings. The Hall–Kier alpha value is -1.11. The Morgan fingerprint density at radius 1 is 1.07 bits per heavy atom. The van der Waals surface area contributed by atoms with Gasteiger partial charge in [0.1, 0.15) is 5.78 Å². The molecule has 0 saturated heterocycles. The highest BCUT2D eigenvalue weighted by Gasteiger charge is 2.34. The summed E-state index contributed by atoms with van der Waals surface area (Å²) in [5, 5.41) is 0. The van der Waals surface area contributed by atoms with E-state index in [0.29, 0.717) is 11.7 Å². The summed E-state index contributed by atoms with van der Waals surface area (Å²) < 4.78 is 0. The van der Waals surface area contributed by atoms with Gasteiger partial charge in [-0.15, -0.1) is 0 Å². The van der Waals surface area contributed by atoms with Crippen molar-refractivity contribution in [1.29, 1.82) is 0 Å². The van der Waals surface area contributed by atoms with Crippen LogP contribution >= 0.6 is 0 Å². The number of hydrogen-bond acceptors (Lipinski definition) is 1. The fourth-order valence-electron chi connectivity index (χ4n) is 3.24. The minimum Gasteiger partial charge on any atom is -0.300 e. The monoisotopic (exact) mass is 200 g/mol. The van der Waals surface area contributed by atoms with Crippen LogP contribution in [-0.4, -0.2) is 5.78 Å². The largest absolute Gasteiger partial charge is 0.300 e. The quantitative estimate of drug-likeness (QED) is 0.629. The third-order valence-corrected chi connectivity index (χ3v) is 4.05. The van der Waals surface area contributed by atoms with Crippen LogP contribution in [0, 0.1) is 5.92 Å². The Balaban J connectivity index is 2.00. The van der Waals surface area contributed by atoms with Gasteiger partial charge in [-0.05, 0) is 42.2 Å². The number of hydrogen-bond donors (Lipinski definition) is 0. The van der Waals surface area contributed by atoms with Crippen molar-refractivity contribution < 1.29 is 4.79 Å². The van der Waals surface area contributed by atoms with E-state index in [1.165, 1.54) is 24.0 Å². The number of carbonyl (C=O) groups excluding carboxylic acids is 1. The first-order valence-electron chi connectivity index (χ1n) is 5.94. The fourth-order valence-corrected chi connectivity index (χ4v) is 3.24. The molecule has 0 aromatic heterocycles. The minimum atomic E-state index is 0.466. The molecule has 78 valence electrons. The van der Waals surface area contributed by atoms with Crippen molar-refractivity contribution in [3.63, 3.8) is 0 Å². The van der Waals surface area contributed by atoms with Crippen LogP contribution in [0.3, 0.4) is 0 Å². The van der Waals surface area contributed by atoms with Gasteiger partial charge in [-0.25, -0.2) is 0 Å². The Morgan fingerprint density at radius 2 is 1.87 bits per heavy atom. The minimum absolute atomic E-state index is 0.466. The molecule has 2 unspecified atom stereocenters. The molecule has 1 saturated carbocycles. The second-order valence-corrected chi connectivity index (χ2v) is 4.89. The second kappa shape index (κ2) is 3.48. The predicted octanol–water partition coefficient (Wildman–Crippen LogP) is 3.09. The highest BCUT2D eigenvalue weighted by molar-refractivity contribution is 5.80. The highest BCUT2D eigenvalue weighted by Crippen LogP contribution is 2.43. The molecule has 0 N–H and O–H groups in total. The summed E-state index contributed by atoms with van der Waals surface area (Å²) >= 11 is 0. The number of carbonyl (C=O) groups is 1. The van der Waals surface area contributed by atoms with E-state index >= 15 is 0 Å². The Morgan fingerprint density at radius 3 is 2.80 bits per heavy atom. The standard InChI is InChI=1S/C14H16O/c15-12-8-7-11-6-5-10-3-1-2-4-13(10)14(11)9-12/h1-4,11,14H,5-9H2. The van der Waals surface area contributed by atoms with Crippen LogP contribution in [0.5, 0.6) is 0 Å². The van der Waals surface area contributed by atoms with E-state index in [4.69, 9.17) is 0 Å². The van der Waals surface area contributed by atoms with Gasteiger partial charge in [-0.2, -0.15) is 0 Å². The molecule has 0 heterocycles. The number of ketones is 1. The molecule has 0 aliphatic heterocycles. The molecule has 3 rings (SSSR count). The van der Waals surface area contributed by atoms with Gasteiger partial charge in [-0.1, -0.05) is 24.3 Å². The van der Waals surface area contributed by atoms with E-state index < -0.39 is 0 Å². The normalized spacial score (nSPS) is 29.5. The van der Waals surface area contributed by atoms with E-state index in [1.54, 1.807) is 0 Å². The Kier molecular flexibility index (Phi) is 2.12. The molecule has 0 amide bonds. The van der Waals surface area contributed by atoms with Crippen LogP contribution in [0.2, 0.25) is 0 Å². The van der Waals surface area contributed by atoms with Crippen LogP contribution in [0.15, 0.2) is 24.3 Å². The van der Waals surface area contributed by atoms with E-state index in [0.717, 1.165) is 25.2 Å². The van der Waals surface area contributed by atoms with E-state index in [1.807, 2.05) is 0 Å². The van der Waals surface area contributed by atoms with E-state index in [2.05, 4.69) is 24.3 Å². The SMILES string of the molecule is O=C1CCC2CCc3ccccc3C2C1. The summed E-state index contributed by atoms with van der Waals surface area (Å²) in [5.74, 6) is 1.78. The molecule has 1 heteroatoms. The zero-order valence-electron chi connectivity index (χ0n) is 8.91. The van der Waals surface area contributed by atoms with Crippen molar-refractivity contribution >= 4 is 5.78 Å². The topological polar surface area (TPSA) is 17.1 Å². The summed E-state index contributed by atoms with van der Waals surface area (Å²) in [4.78, 5) is 11.5. The molecule has 1 fully saturated rings. The molecular formula is C14H16O. The number of aryl methyl sites for hydroxylation is 1. The maximum absolute atomic E-state index is 11.5. The van der Waals surface area contributed by atoms with Crippen LogP contribution < -0.4 is 0 Å². The fraction of sp³-hybridized carbons (Fsp3) is 0.500. The van der Waals surface area contributed by atoms with Gasteiger partial charge in [0, 0.05) is 12.8 Å². The lowest BCUT2D eigenvalue weighted by molar-refractivity contribution is -0.121. The maximum atomic E-state index is 11.5.